The van der Waals surface area contributed by atoms with Crippen molar-refractivity contribution < 1.29 is 4.74 Å². The molecule has 3 heterocycles. The number of fused-ring (bicyclic) bond motifs is 1. The lowest BCUT2D eigenvalue weighted by Gasteiger charge is -2.13. The molecule has 5 heteroatoms. The van der Waals surface area contributed by atoms with Gasteiger partial charge in [-0.2, -0.15) is 0 Å². The number of hydrogen-bond acceptors (Lipinski definition) is 3. The van der Waals surface area contributed by atoms with Crippen molar-refractivity contribution in [2.24, 2.45) is 0 Å². The number of imidazole rings is 1. The van der Waals surface area contributed by atoms with Crippen LogP contribution < -0.4 is 0 Å². The van der Waals surface area contributed by atoms with Crippen LogP contribution in [0.1, 0.15) is 18.3 Å². The van der Waals surface area contributed by atoms with E-state index in [0.29, 0.717) is 11.9 Å². The molecule has 1 saturated heterocycles. The normalized spacial score (nSPS) is 20.2. The van der Waals surface area contributed by atoms with E-state index in [0.717, 1.165) is 43.0 Å². The van der Waals surface area contributed by atoms with Gasteiger partial charge in [0.15, 0.2) is 5.65 Å². The molecule has 1 atom stereocenters. The van der Waals surface area contributed by atoms with Crippen LogP contribution in [0.4, 0.5) is 0 Å². The molecule has 0 aliphatic carbocycles. The number of ether oxygens (including phenoxy) is 1. The predicted molar refractivity (Wildman–Crippen MR) is 66.4 cm³/mol. The summed E-state index contributed by atoms with van der Waals surface area (Å²) in [6.07, 6.45) is 3.60. The van der Waals surface area contributed by atoms with Gasteiger partial charge in [0.1, 0.15) is 11.3 Å². The number of rotatable bonds is 3. The molecule has 0 bridgehead atoms. The summed E-state index contributed by atoms with van der Waals surface area (Å²) < 4.78 is 7.65. The number of alkyl halides is 1. The van der Waals surface area contributed by atoms with Gasteiger partial charge in [-0.1, -0.05) is 0 Å². The zero-order valence-corrected chi connectivity index (χ0v) is 10.2. The lowest BCUT2D eigenvalue weighted by Crippen LogP contribution is -2.13. The van der Waals surface area contributed by atoms with Crippen LogP contribution in [0.3, 0.4) is 0 Å². The van der Waals surface area contributed by atoms with Crippen LogP contribution in [0, 0.1) is 0 Å². The number of halogens is 1. The second-order valence-electron chi connectivity index (χ2n) is 4.20. The largest absolute Gasteiger partial charge is 0.379 e. The highest BCUT2D eigenvalue weighted by atomic mass is 35.5. The second kappa shape index (κ2) is 4.63. The van der Waals surface area contributed by atoms with E-state index >= 15 is 0 Å². The lowest BCUT2D eigenvalue weighted by molar-refractivity contribution is 0.186. The van der Waals surface area contributed by atoms with Crippen LogP contribution in [0.15, 0.2) is 18.3 Å². The molecule has 1 fully saturated rings. The van der Waals surface area contributed by atoms with Crippen LogP contribution in [0.2, 0.25) is 0 Å². The van der Waals surface area contributed by atoms with Gasteiger partial charge in [0.2, 0.25) is 0 Å². The molecule has 1 aliphatic rings. The molecule has 0 aromatic carbocycles. The Kier molecular flexibility index (Phi) is 2.99. The molecular formula is C12H14ClN3O. The molecule has 2 aromatic heterocycles. The van der Waals surface area contributed by atoms with E-state index in [1.54, 1.807) is 6.20 Å². The molecule has 1 aliphatic heterocycles. The number of aromatic nitrogens is 3. The van der Waals surface area contributed by atoms with Crippen LogP contribution in [-0.2, 0) is 11.2 Å². The van der Waals surface area contributed by atoms with Gasteiger partial charge in [0, 0.05) is 25.1 Å². The fourth-order valence-electron chi connectivity index (χ4n) is 2.35. The molecule has 0 saturated carbocycles. The zero-order valence-electron chi connectivity index (χ0n) is 9.47. The molecule has 0 spiro atoms. The highest BCUT2D eigenvalue weighted by Crippen LogP contribution is 2.25. The molecule has 17 heavy (non-hydrogen) atoms. The van der Waals surface area contributed by atoms with Crippen LogP contribution in [-0.4, -0.2) is 33.6 Å². The van der Waals surface area contributed by atoms with Gasteiger partial charge in [0.05, 0.1) is 12.6 Å². The predicted octanol–water partition coefficient (Wildman–Crippen LogP) is 2.17. The minimum atomic E-state index is 0.355. The third kappa shape index (κ3) is 1.91. The first-order chi connectivity index (χ1) is 8.40. The number of aryl methyl sites for hydroxylation is 1. The molecule has 1 unspecified atom stereocenters. The first-order valence-corrected chi connectivity index (χ1v) is 6.39. The fraction of sp³-hybridized carbons (Fsp3) is 0.500. The number of pyridine rings is 1. The van der Waals surface area contributed by atoms with Crippen LogP contribution in [0.25, 0.3) is 11.2 Å². The van der Waals surface area contributed by atoms with E-state index in [4.69, 9.17) is 16.3 Å². The quantitative estimate of drug-likeness (QED) is 0.785. The highest BCUT2D eigenvalue weighted by molar-refractivity contribution is 6.17. The molecule has 3 rings (SSSR count). The van der Waals surface area contributed by atoms with E-state index in [1.165, 1.54) is 0 Å². The van der Waals surface area contributed by atoms with Crippen LogP contribution in [0.5, 0.6) is 0 Å². The first-order valence-electron chi connectivity index (χ1n) is 5.85. The van der Waals surface area contributed by atoms with E-state index in [-0.39, 0.29) is 0 Å². The topological polar surface area (TPSA) is 39.9 Å². The van der Waals surface area contributed by atoms with Crippen molar-refractivity contribution in [3.63, 3.8) is 0 Å². The van der Waals surface area contributed by atoms with Crippen molar-refractivity contribution >= 4 is 22.8 Å². The molecule has 90 valence electrons. The van der Waals surface area contributed by atoms with Gasteiger partial charge in [-0.3, -0.25) is 0 Å². The maximum Gasteiger partial charge on any atom is 0.160 e. The van der Waals surface area contributed by atoms with Gasteiger partial charge >= 0.3 is 0 Å². The third-order valence-electron chi connectivity index (χ3n) is 3.11. The van der Waals surface area contributed by atoms with E-state index in [1.807, 2.05) is 12.1 Å². The minimum absolute atomic E-state index is 0.355. The van der Waals surface area contributed by atoms with Crippen molar-refractivity contribution in [1.29, 1.82) is 0 Å². The second-order valence-corrected chi connectivity index (χ2v) is 4.58. The summed E-state index contributed by atoms with van der Waals surface area (Å²) >= 11 is 5.84. The van der Waals surface area contributed by atoms with Crippen LogP contribution >= 0.6 is 11.6 Å². The Hall–Kier alpha value is -1.13. The van der Waals surface area contributed by atoms with E-state index in [2.05, 4.69) is 14.5 Å². The van der Waals surface area contributed by atoms with Crippen molar-refractivity contribution in [2.45, 2.75) is 18.9 Å². The van der Waals surface area contributed by atoms with Crippen molar-refractivity contribution in [2.75, 3.05) is 19.1 Å². The Morgan fingerprint density at radius 2 is 2.47 bits per heavy atom. The Morgan fingerprint density at radius 1 is 1.53 bits per heavy atom. The Morgan fingerprint density at radius 3 is 3.24 bits per heavy atom. The number of nitrogens with zero attached hydrogens (tertiary/aromatic N) is 3. The van der Waals surface area contributed by atoms with Crippen molar-refractivity contribution in [1.82, 2.24) is 14.5 Å². The van der Waals surface area contributed by atoms with E-state index < -0.39 is 0 Å². The summed E-state index contributed by atoms with van der Waals surface area (Å²) in [4.78, 5) is 9.04. The Bertz CT molecular complexity index is 519. The standard InChI is InChI=1S/C12H14ClN3O/c13-5-3-11-15-10-2-1-6-14-12(10)16(11)9-4-7-17-8-9/h1-2,6,9H,3-5,7-8H2. The maximum atomic E-state index is 5.84. The summed E-state index contributed by atoms with van der Waals surface area (Å²) in [7, 11) is 0. The average Bonchev–Trinajstić information content (AvgIpc) is 2.94. The van der Waals surface area contributed by atoms with E-state index in [9.17, 15) is 0 Å². The third-order valence-corrected chi connectivity index (χ3v) is 3.30. The fourth-order valence-corrected chi connectivity index (χ4v) is 2.52. The minimum Gasteiger partial charge on any atom is -0.379 e. The van der Waals surface area contributed by atoms with Gasteiger partial charge in [-0.15, -0.1) is 11.6 Å². The molecule has 0 amide bonds. The van der Waals surface area contributed by atoms with Gasteiger partial charge < -0.3 is 9.30 Å². The molecule has 2 aromatic rings. The molecule has 4 nitrogen and oxygen atoms in total. The smallest absolute Gasteiger partial charge is 0.160 e. The monoisotopic (exact) mass is 251 g/mol. The highest BCUT2D eigenvalue weighted by Gasteiger charge is 2.23. The van der Waals surface area contributed by atoms with Gasteiger partial charge in [-0.05, 0) is 18.6 Å². The molecule has 0 N–H and O–H groups in total. The number of hydrogen-bond donors (Lipinski definition) is 0. The summed E-state index contributed by atoms with van der Waals surface area (Å²) in [6.45, 7) is 1.56. The first kappa shape index (κ1) is 11.0. The summed E-state index contributed by atoms with van der Waals surface area (Å²) in [5, 5.41) is 0. The molecular weight excluding hydrogens is 238 g/mol. The SMILES string of the molecule is ClCCc1nc2cccnc2n1C1CCOC1. The zero-order chi connectivity index (χ0) is 11.7. The summed E-state index contributed by atoms with van der Waals surface area (Å²) in [5.41, 5.74) is 1.89. The van der Waals surface area contributed by atoms with Crippen molar-refractivity contribution in [3.05, 3.63) is 24.2 Å². The Labute approximate surface area is 105 Å². The maximum absolute atomic E-state index is 5.84. The van der Waals surface area contributed by atoms with Gasteiger partial charge in [0.25, 0.3) is 0 Å². The van der Waals surface area contributed by atoms with Gasteiger partial charge in [-0.25, -0.2) is 9.97 Å². The summed E-state index contributed by atoms with van der Waals surface area (Å²) in [6, 6.07) is 4.26. The molecule has 0 radical (unpaired) electrons. The summed E-state index contributed by atoms with van der Waals surface area (Å²) in [5.74, 6) is 1.60. The Balaban J connectivity index is 2.13. The van der Waals surface area contributed by atoms with Crippen molar-refractivity contribution in [3.8, 4) is 0 Å². The lowest BCUT2D eigenvalue weighted by atomic mass is 10.2. The average molecular weight is 252 g/mol.